The molecule has 0 saturated heterocycles. The summed E-state index contributed by atoms with van der Waals surface area (Å²) in [5, 5.41) is 16.0. The fourth-order valence-corrected chi connectivity index (χ4v) is 3.34. The molecule has 0 spiro atoms. The predicted molar refractivity (Wildman–Crippen MR) is 114 cm³/mol. The Morgan fingerprint density at radius 3 is 2.60 bits per heavy atom. The molecular formula is C22H18N6O2. The average molecular weight is 398 g/mol. The zero-order valence-corrected chi connectivity index (χ0v) is 16.4. The van der Waals surface area contributed by atoms with Crippen LogP contribution in [0.4, 0.5) is 11.4 Å². The van der Waals surface area contributed by atoms with Crippen molar-refractivity contribution in [2.75, 3.05) is 11.9 Å². The summed E-state index contributed by atoms with van der Waals surface area (Å²) in [5.74, 6) is 0.428. The summed E-state index contributed by atoms with van der Waals surface area (Å²) in [6, 6.07) is 15.5. The summed E-state index contributed by atoms with van der Waals surface area (Å²) in [4.78, 5) is 14.4. The minimum Gasteiger partial charge on any atom is -0.493 e. The van der Waals surface area contributed by atoms with Crippen molar-refractivity contribution >= 4 is 33.2 Å². The molecular weight excluding hydrogens is 380 g/mol. The number of hydrogen-bond donors (Lipinski definition) is 1. The Bertz CT molecular complexity index is 1360. The maximum atomic E-state index is 10.1. The molecule has 0 bridgehead atoms. The van der Waals surface area contributed by atoms with Gasteiger partial charge in [0.05, 0.1) is 28.8 Å². The Morgan fingerprint density at radius 2 is 1.77 bits per heavy atom. The van der Waals surface area contributed by atoms with E-state index in [1.54, 1.807) is 18.5 Å². The van der Waals surface area contributed by atoms with Crippen LogP contribution < -0.4 is 9.64 Å². The van der Waals surface area contributed by atoms with Gasteiger partial charge in [-0.25, -0.2) is 0 Å². The van der Waals surface area contributed by atoms with E-state index in [4.69, 9.17) is 4.74 Å². The van der Waals surface area contributed by atoms with Gasteiger partial charge in [-0.05, 0) is 48.5 Å². The van der Waals surface area contributed by atoms with Crippen LogP contribution >= 0.6 is 0 Å². The summed E-state index contributed by atoms with van der Waals surface area (Å²) >= 11 is 0. The second kappa shape index (κ2) is 7.00. The van der Waals surface area contributed by atoms with Gasteiger partial charge in [-0.15, -0.1) is 0 Å². The standard InChI is InChI=1S/C22H18N6O2/c1-27(16-5-8-20-14(11-16)12-24-28(20)2)15-3-6-17(7-4-15)30-22-25-19-13-23-10-9-18(19)21(29)26-22/h3-13H,1-2H3,(H,25,26,29). The van der Waals surface area contributed by atoms with Crippen molar-refractivity contribution in [2.45, 2.75) is 0 Å². The zero-order valence-electron chi connectivity index (χ0n) is 16.4. The van der Waals surface area contributed by atoms with E-state index in [-0.39, 0.29) is 11.9 Å². The van der Waals surface area contributed by atoms with Gasteiger partial charge in [-0.1, -0.05) is 0 Å². The van der Waals surface area contributed by atoms with Gasteiger partial charge in [-0.3, -0.25) is 9.67 Å². The average Bonchev–Trinajstić information content (AvgIpc) is 3.14. The van der Waals surface area contributed by atoms with Gasteiger partial charge in [0.2, 0.25) is 5.88 Å². The number of nitrogens with zero attached hydrogens (tertiary/aromatic N) is 6. The minimum atomic E-state index is -0.139. The highest BCUT2D eigenvalue weighted by Crippen LogP contribution is 2.30. The molecule has 0 amide bonds. The summed E-state index contributed by atoms with van der Waals surface area (Å²) in [7, 11) is 3.94. The SMILES string of the molecule is CN(c1ccc(Oc2nc(O)c3ccncc3n2)cc1)c1ccc2c(cnn2C)c1. The molecule has 3 aromatic heterocycles. The molecule has 0 radical (unpaired) electrons. The first-order chi connectivity index (χ1) is 14.6. The van der Waals surface area contributed by atoms with E-state index in [0.29, 0.717) is 16.7 Å². The van der Waals surface area contributed by atoms with Gasteiger partial charge >= 0.3 is 6.01 Å². The first-order valence-corrected chi connectivity index (χ1v) is 9.32. The molecule has 0 unspecified atom stereocenters. The van der Waals surface area contributed by atoms with Crippen LogP contribution in [0.5, 0.6) is 17.6 Å². The number of ether oxygens (including phenoxy) is 1. The number of aromatic hydroxyl groups is 1. The molecule has 3 heterocycles. The highest BCUT2D eigenvalue weighted by molar-refractivity contribution is 5.84. The number of hydrogen-bond acceptors (Lipinski definition) is 7. The highest BCUT2D eigenvalue weighted by atomic mass is 16.5. The minimum absolute atomic E-state index is 0.0659. The van der Waals surface area contributed by atoms with Crippen LogP contribution in [0, 0.1) is 0 Å². The Labute approximate surface area is 172 Å². The van der Waals surface area contributed by atoms with Gasteiger partial charge in [0.1, 0.15) is 5.75 Å². The Hall–Kier alpha value is -4.20. The van der Waals surface area contributed by atoms with Gasteiger partial charge in [0, 0.05) is 37.1 Å². The quantitative estimate of drug-likeness (QED) is 0.486. The van der Waals surface area contributed by atoms with Gasteiger partial charge in [0.15, 0.2) is 0 Å². The third-order valence-corrected chi connectivity index (χ3v) is 5.01. The van der Waals surface area contributed by atoms with Crippen LogP contribution in [0.1, 0.15) is 0 Å². The smallest absolute Gasteiger partial charge is 0.325 e. The second-order valence-corrected chi connectivity index (χ2v) is 6.89. The van der Waals surface area contributed by atoms with Gasteiger partial charge < -0.3 is 14.7 Å². The van der Waals surface area contributed by atoms with Crippen molar-refractivity contribution in [2.24, 2.45) is 7.05 Å². The summed E-state index contributed by atoms with van der Waals surface area (Å²) < 4.78 is 7.58. The molecule has 0 fully saturated rings. The molecule has 0 aliphatic carbocycles. The van der Waals surface area contributed by atoms with Crippen LogP contribution in [0.25, 0.3) is 21.8 Å². The Balaban J connectivity index is 1.38. The van der Waals surface area contributed by atoms with E-state index in [2.05, 4.69) is 43.1 Å². The Morgan fingerprint density at radius 1 is 0.967 bits per heavy atom. The van der Waals surface area contributed by atoms with Crippen LogP contribution in [-0.4, -0.2) is 36.9 Å². The number of rotatable bonds is 4. The lowest BCUT2D eigenvalue weighted by atomic mass is 10.2. The number of benzene rings is 2. The van der Waals surface area contributed by atoms with Crippen LogP contribution in [0.15, 0.2) is 67.1 Å². The molecule has 5 rings (SSSR count). The van der Waals surface area contributed by atoms with Crippen molar-refractivity contribution in [3.8, 4) is 17.6 Å². The molecule has 0 atom stereocenters. The number of aromatic nitrogens is 5. The first kappa shape index (κ1) is 17.9. The monoisotopic (exact) mass is 398 g/mol. The van der Waals surface area contributed by atoms with E-state index in [9.17, 15) is 5.11 Å². The van der Waals surface area contributed by atoms with Crippen molar-refractivity contribution in [1.29, 1.82) is 0 Å². The van der Waals surface area contributed by atoms with E-state index in [0.717, 1.165) is 22.3 Å². The lowest BCUT2D eigenvalue weighted by molar-refractivity contribution is 0.412. The molecule has 30 heavy (non-hydrogen) atoms. The van der Waals surface area contributed by atoms with Crippen molar-refractivity contribution in [3.63, 3.8) is 0 Å². The number of pyridine rings is 1. The fourth-order valence-electron chi connectivity index (χ4n) is 3.34. The number of anilines is 2. The van der Waals surface area contributed by atoms with E-state index in [1.165, 1.54) is 0 Å². The van der Waals surface area contributed by atoms with Crippen LogP contribution in [0.2, 0.25) is 0 Å². The second-order valence-electron chi connectivity index (χ2n) is 6.89. The van der Waals surface area contributed by atoms with Gasteiger partial charge in [0.25, 0.3) is 0 Å². The maximum absolute atomic E-state index is 10.1. The summed E-state index contributed by atoms with van der Waals surface area (Å²) in [5.41, 5.74) is 3.66. The molecule has 0 saturated carbocycles. The normalized spacial score (nSPS) is 11.1. The van der Waals surface area contributed by atoms with Crippen LogP contribution in [-0.2, 0) is 7.05 Å². The fraction of sp³-hybridized carbons (Fsp3) is 0.0909. The van der Waals surface area contributed by atoms with Crippen molar-refractivity contribution < 1.29 is 9.84 Å². The first-order valence-electron chi connectivity index (χ1n) is 9.32. The van der Waals surface area contributed by atoms with Crippen molar-refractivity contribution in [3.05, 3.63) is 67.1 Å². The van der Waals surface area contributed by atoms with Crippen LogP contribution in [0.3, 0.4) is 0 Å². The topological polar surface area (TPSA) is 89.2 Å². The van der Waals surface area contributed by atoms with E-state index >= 15 is 0 Å². The molecule has 8 heteroatoms. The van der Waals surface area contributed by atoms with Crippen molar-refractivity contribution in [1.82, 2.24) is 24.7 Å². The molecule has 2 aromatic carbocycles. The van der Waals surface area contributed by atoms with E-state index in [1.807, 2.05) is 49.2 Å². The molecule has 5 aromatic rings. The Kier molecular flexibility index (Phi) is 4.17. The number of fused-ring (bicyclic) bond motifs is 2. The molecule has 0 aliphatic rings. The van der Waals surface area contributed by atoms with Gasteiger partial charge in [-0.2, -0.15) is 15.1 Å². The lowest BCUT2D eigenvalue weighted by Gasteiger charge is -2.20. The largest absolute Gasteiger partial charge is 0.493 e. The molecule has 8 nitrogen and oxygen atoms in total. The molecule has 0 aliphatic heterocycles. The summed E-state index contributed by atoms with van der Waals surface area (Å²) in [6.07, 6.45) is 4.99. The third kappa shape index (κ3) is 3.14. The predicted octanol–water partition coefficient (Wildman–Crippen LogP) is 4.18. The molecule has 148 valence electrons. The highest BCUT2D eigenvalue weighted by Gasteiger charge is 2.10. The maximum Gasteiger partial charge on any atom is 0.325 e. The van der Waals surface area contributed by atoms with E-state index < -0.39 is 0 Å². The number of aryl methyl sites for hydroxylation is 1. The molecule has 1 N–H and O–H groups in total. The zero-order chi connectivity index (χ0) is 20.7. The third-order valence-electron chi connectivity index (χ3n) is 5.01. The summed E-state index contributed by atoms with van der Waals surface area (Å²) in [6.45, 7) is 0. The lowest BCUT2D eigenvalue weighted by Crippen LogP contribution is -2.09.